The van der Waals surface area contributed by atoms with Crippen LogP contribution >= 0.6 is 0 Å². The van der Waals surface area contributed by atoms with Crippen LogP contribution in [0.3, 0.4) is 0 Å². The first kappa shape index (κ1) is 11.7. The fraction of sp³-hybridized carbons (Fsp3) is 0.167. The minimum Gasteiger partial charge on any atom is -0.758 e. The van der Waals surface area contributed by atoms with Crippen molar-refractivity contribution in [3.05, 3.63) is 41.6 Å². The van der Waals surface area contributed by atoms with Crippen molar-refractivity contribution in [3.63, 3.8) is 0 Å². The zero-order chi connectivity index (χ0) is 12.3. The van der Waals surface area contributed by atoms with E-state index in [4.69, 9.17) is 4.84 Å². The maximum absolute atomic E-state index is 11.2. The van der Waals surface area contributed by atoms with Crippen LogP contribution in [-0.4, -0.2) is 14.1 Å². The van der Waals surface area contributed by atoms with Gasteiger partial charge in [0.15, 0.2) is 0 Å². The van der Waals surface area contributed by atoms with E-state index in [9.17, 15) is 5.21 Å². The Bertz CT molecular complexity index is 514. The van der Waals surface area contributed by atoms with Gasteiger partial charge in [-0.25, -0.2) is 5.43 Å². The lowest BCUT2D eigenvalue weighted by Gasteiger charge is -2.24. The van der Waals surface area contributed by atoms with E-state index in [2.05, 4.69) is 11.0 Å². The van der Waals surface area contributed by atoms with E-state index in [1.54, 1.807) is 13.1 Å². The van der Waals surface area contributed by atoms with Crippen LogP contribution in [-0.2, 0) is 0 Å². The number of anilines is 1. The van der Waals surface area contributed by atoms with E-state index >= 15 is 0 Å². The molecule has 5 nitrogen and oxygen atoms in total. The minimum absolute atomic E-state index is 0.638. The van der Waals surface area contributed by atoms with E-state index in [1.807, 2.05) is 30.3 Å². The number of nitrogens with zero attached hydrogens (tertiary/aromatic N) is 1. The highest BCUT2D eigenvalue weighted by Gasteiger charge is 1.99. The van der Waals surface area contributed by atoms with E-state index < -0.39 is 0 Å². The van der Waals surface area contributed by atoms with Crippen LogP contribution in [0.4, 0.5) is 5.69 Å². The summed E-state index contributed by atoms with van der Waals surface area (Å²) in [4.78, 5) is 5.21. The molecule has 2 aromatic carbocycles. The van der Waals surface area contributed by atoms with Gasteiger partial charge >= 0.3 is 0 Å². The molecule has 5 heteroatoms. The maximum atomic E-state index is 11.2. The van der Waals surface area contributed by atoms with Crippen LogP contribution in [0.25, 0.3) is 10.8 Å². The summed E-state index contributed by atoms with van der Waals surface area (Å²) in [6.45, 7) is 0. The van der Waals surface area contributed by atoms with Gasteiger partial charge in [0.2, 0.25) is 0 Å². The molecule has 0 bridgehead atoms. The van der Waals surface area contributed by atoms with Gasteiger partial charge in [-0.05, 0) is 42.1 Å². The molecule has 0 heterocycles. The molecule has 0 aliphatic heterocycles. The molecule has 17 heavy (non-hydrogen) atoms. The first-order valence-electron chi connectivity index (χ1n) is 5.24. The summed E-state index contributed by atoms with van der Waals surface area (Å²) in [5, 5.41) is 14.0. The smallest absolute Gasteiger partial charge is 0.149 e. The van der Waals surface area contributed by atoms with Crippen molar-refractivity contribution in [1.29, 1.82) is 0 Å². The Morgan fingerprint density at radius 1 is 1.12 bits per heavy atom. The molecule has 0 unspecified atom stereocenters. The SMILES string of the molecule is CNNOc1ccc2cc(N(C)[O-])ccc2c1. The summed E-state index contributed by atoms with van der Waals surface area (Å²) >= 11 is 0. The highest BCUT2D eigenvalue weighted by Crippen LogP contribution is 2.24. The average molecular weight is 232 g/mol. The number of fused-ring (bicyclic) bond motifs is 1. The standard InChI is InChI=1S/C12H14N3O2/c1-13-14-17-12-6-4-9-7-11(15(2)16)5-3-10(9)8-12/h3-8,13-14H,1-2H3/q-1. The van der Waals surface area contributed by atoms with Crippen LogP contribution in [0, 0.1) is 5.21 Å². The third-order valence-electron chi connectivity index (χ3n) is 2.43. The number of hydrazine groups is 1. The van der Waals surface area contributed by atoms with E-state index in [0.29, 0.717) is 11.4 Å². The quantitative estimate of drug-likeness (QED) is 0.787. The Labute approximate surface area is 99.5 Å². The second-order valence-corrected chi connectivity index (χ2v) is 3.64. The predicted octanol–water partition coefficient (Wildman–Crippen LogP) is 1.79. The van der Waals surface area contributed by atoms with Crippen LogP contribution in [0.5, 0.6) is 5.75 Å². The Morgan fingerprint density at radius 2 is 1.82 bits per heavy atom. The van der Waals surface area contributed by atoms with Crippen molar-refractivity contribution in [2.75, 3.05) is 19.2 Å². The number of rotatable bonds is 4. The zero-order valence-corrected chi connectivity index (χ0v) is 9.73. The first-order chi connectivity index (χ1) is 8.20. The molecule has 0 radical (unpaired) electrons. The van der Waals surface area contributed by atoms with E-state index in [0.717, 1.165) is 15.8 Å². The average Bonchev–Trinajstić information content (AvgIpc) is 2.35. The lowest BCUT2D eigenvalue weighted by molar-refractivity contribution is 0.160. The predicted molar refractivity (Wildman–Crippen MR) is 68.5 cm³/mol. The van der Waals surface area contributed by atoms with Crippen LogP contribution in [0.15, 0.2) is 36.4 Å². The number of hydrogen-bond acceptors (Lipinski definition) is 5. The molecule has 0 aliphatic carbocycles. The van der Waals surface area contributed by atoms with Gasteiger partial charge in [-0.3, -0.25) is 0 Å². The van der Waals surface area contributed by atoms with Crippen molar-refractivity contribution in [3.8, 4) is 5.75 Å². The molecule has 0 saturated carbocycles. The second-order valence-electron chi connectivity index (χ2n) is 3.64. The largest absolute Gasteiger partial charge is 0.758 e. The number of benzene rings is 2. The van der Waals surface area contributed by atoms with Gasteiger partial charge in [-0.15, -0.1) is 0 Å². The molecule has 0 fully saturated rings. The summed E-state index contributed by atoms with van der Waals surface area (Å²) < 4.78 is 0. The molecule has 0 aliphatic rings. The van der Waals surface area contributed by atoms with Gasteiger partial charge < -0.3 is 15.1 Å². The van der Waals surface area contributed by atoms with Gasteiger partial charge in [-0.2, -0.15) is 0 Å². The number of hydrogen-bond donors (Lipinski definition) is 2. The fourth-order valence-electron chi connectivity index (χ4n) is 1.58. The Kier molecular flexibility index (Phi) is 3.43. The molecule has 0 aromatic heterocycles. The molecule has 2 rings (SSSR count). The molecular formula is C12H14N3O2-. The molecule has 0 saturated heterocycles. The summed E-state index contributed by atoms with van der Waals surface area (Å²) in [5.41, 5.74) is 5.86. The Balaban J connectivity index is 2.33. The maximum Gasteiger partial charge on any atom is 0.149 e. The Morgan fingerprint density at radius 3 is 2.53 bits per heavy atom. The first-order valence-corrected chi connectivity index (χ1v) is 5.24. The van der Waals surface area contributed by atoms with Crippen molar-refractivity contribution in [2.24, 2.45) is 0 Å². The van der Waals surface area contributed by atoms with E-state index in [-0.39, 0.29) is 0 Å². The summed E-state index contributed by atoms with van der Waals surface area (Å²) in [7, 11) is 3.20. The number of nitrogens with one attached hydrogen (secondary N) is 2. The zero-order valence-electron chi connectivity index (χ0n) is 9.73. The van der Waals surface area contributed by atoms with Crippen molar-refractivity contribution >= 4 is 16.5 Å². The van der Waals surface area contributed by atoms with Crippen LogP contribution in [0.2, 0.25) is 0 Å². The lowest BCUT2D eigenvalue weighted by Crippen LogP contribution is -2.30. The van der Waals surface area contributed by atoms with Gasteiger partial charge in [-0.1, -0.05) is 17.7 Å². The van der Waals surface area contributed by atoms with Crippen LogP contribution in [0.1, 0.15) is 0 Å². The van der Waals surface area contributed by atoms with Crippen molar-refractivity contribution < 1.29 is 4.84 Å². The molecular weight excluding hydrogens is 218 g/mol. The van der Waals surface area contributed by atoms with Gasteiger partial charge in [0.25, 0.3) is 0 Å². The summed E-state index contributed by atoms with van der Waals surface area (Å²) in [6, 6.07) is 11.2. The summed E-state index contributed by atoms with van der Waals surface area (Å²) in [6.07, 6.45) is 0. The third-order valence-corrected chi connectivity index (χ3v) is 2.43. The molecule has 2 aromatic rings. The van der Waals surface area contributed by atoms with Gasteiger partial charge in [0, 0.05) is 12.7 Å². The summed E-state index contributed by atoms with van der Waals surface area (Å²) in [5.74, 6) is 0.704. The van der Waals surface area contributed by atoms with Gasteiger partial charge in [0.05, 0.1) is 0 Å². The molecule has 0 spiro atoms. The monoisotopic (exact) mass is 232 g/mol. The fourth-order valence-corrected chi connectivity index (χ4v) is 1.58. The number of hydroxylamine groups is 1. The minimum atomic E-state index is 0.638. The molecule has 0 amide bonds. The Hall–Kier alpha value is -1.82. The topological polar surface area (TPSA) is 59.6 Å². The van der Waals surface area contributed by atoms with Gasteiger partial charge in [0.1, 0.15) is 5.75 Å². The highest BCUT2D eigenvalue weighted by molar-refractivity contribution is 5.87. The highest BCUT2D eigenvalue weighted by atomic mass is 16.7. The van der Waals surface area contributed by atoms with Crippen molar-refractivity contribution in [2.45, 2.75) is 0 Å². The second kappa shape index (κ2) is 5.01. The molecule has 90 valence electrons. The molecule has 2 N–H and O–H groups in total. The molecule has 0 atom stereocenters. The van der Waals surface area contributed by atoms with Crippen molar-refractivity contribution in [1.82, 2.24) is 11.0 Å². The lowest BCUT2D eigenvalue weighted by atomic mass is 10.1. The van der Waals surface area contributed by atoms with Crippen LogP contribution < -0.4 is 20.9 Å². The normalized spacial score (nSPS) is 10.5. The van der Waals surface area contributed by atoms with E-state index in [1.165, 1.54) is 7.05 Å². The third kappa shape index (κ3) is 2.65.